The molecule has 17 heavy (non-hydrogen) atoms. The molecule has 2 unspecified atom stereocenters. The molecule has 0 radical (unpaired) electrons. The van der Waals surface area contributed by atoms with Crippen LogP contribution in [0.25, 0.3) is 0 Å². The molecular formula is C9H8BrF7. The molecule has 1 aliphatic carbocycles. The van der Waals surface area contributed by atoms with Gasteiger partial charge >= 0.3 is 11.8 Å². The van der Waals surface area contributed by atoms with E-state index in [4.69, 9.17) is 0 Å². The molecule has 0 aromatic rings. The van der Waals surface area contributed by atoms with Crippen LogP contribution in [0.15, 0.2) is 11.9 Å². The number of rotatable bonds is 1. The summed E-state index contributed by atoms with van der Waals surface area (Å²) in [4.78, 5) is 0. The minimum absolute atomic E-state index is 0.427. The predicted octanol–water partition coefficient (Wildman–Crippen LogP) is 4.55. The van der Waals surface area contributed by atoms with E-state index < -0.39 is 39.9 Å². The third kappa shape index (κ3) is 1.55. The summed E-state index contributed by atoms with van der Waals surface area (Å²) < 4.78 is 88.7. The summed E-state index contributed by atoms with van der Waals surface area (Å²) in [6, 6.07) is 0. The van der Waals surface area contributed by atoms with E-state index in [-0.39, 0.29) is 0 Å². The van der Waals surface area contributed by atoms with Crippen LogP contribution in [0.2, 0.25) is 0 Å². The Kier molecular flexibility index (Phi) is 3.14. The Balaban J connectivity index is 3.57. The van der Waals surface area contributed by atoms with Gasteiger partial charge in [-0.15, -0.1) is 0 Å². The number of allylic oxidation sites excluding steroid dienone is 2. The van der Waals surface area contributed by atoms with Gasteiger partial charge in [0.1, 0.15) is 0 Å². The highest BCUT2D eigenvalue weighted by atomic mass is 79.9. The average molecular weight is 329 g/mol. The van der Waals surface area contributed by atoms with Crippen molar-refractivity contribution in [2.45, 2.75) is 35.9 Å². The lowest BCUT2D eigenvalue weighted by molar-refractivity contribution is -0.299. The zero-order chi connectivity index (χ0) is 13.9. The normalized spacial score (nSPS) is 40.3. The van der Waals surface area contributed by atoms with Crippen LogP contribution in [0.5, 0.6) is 0 Å². The third-order valence-corrected chi connectivity index (χ3v) is 3.62. The lowest BCUT2D eigenvalue weighted by Gasteiger charge is -2.45. The fourth-order valence-corrected chi connectivity index (χ4v) is 1.85. The Hall–Kier alpha value is -0.270. The van der Waals surface area contributed by atoms with E-state index in [2.05, 4.69) is 0 Å². The molecule has 0 saturated heterocycles. The van der Waals surface area contributed by atoms with Crippen LogP contribution in [0.3, 0.4) is 0 Å². The SMILES string of the molecule is CC(C)C1(F)C=C(F)C(F)(Br)C(F)(F)C1(F)F. The first kappa shape index (κ1) is 14.8. The molecule has 0 saturated carbocycles. The highest BCUT2D eigenvalue weighted by molar-refractivity contribution is 9.10. The number of alkyl halides is 7. The monoisotopic (exact) mass is 328 g/mol. The van der Waals surface area contributed by atoms with Crippen molar-refractivity contribution in [3.63, 3.8) is 0 Å². The molecule has 0 nitrogen and oxygen atoms in total. The molecule has 8 heteroatoms. The molecular weight excluding hydrogens is 321 g/mol. The second-order valence-corrected chi connectivity index (χ2v) is 5.23. The third-order valence-electron chi connectivity index (χ3n) is 2.75. The quantitative estimate of drug-likeness (QED) is 0.489. The van der Waals surface area contributed by atoms with Crippen LogP contribution in [0, 0.1) is 5.92 Å². The molecule has 0 aliphatic heterocycles. The van der Waals surface area contributed by atoms with E-state index in [0.717, 1.165) is 13.8 Å². The van der Waals surface area contributed by atoms with Crippen molar-refractivity contribution in [3.8, 4) is 0 Å². The van der Waals surface area contributed by atoms with Crippen LogP contribution in [-0.2, 0) is 0 Å². The summed E-state index contributed by atoms with van der Waals surface area (Å²) in [5, 5.41) is 0. The van der Waals surface area contributed by atoms with Crippen LogP contribution < -0.4 is 0 Å². The fourth-order valence-electron chi connectivity index (χ4n) is 1.48. The summed E-state index contributed by atoms with van der Waals surface area (Å²) in [6.45, 7) is 1.74. The summed E-state index contributed by atoms with van der Waals surface area (Å²) in [5.41, 5.74) is -3.95. The maximum atomic E-state index is 13.8. The molecule has 2 atom stereocenters. The van der Waals surface area contributed by atoms with Gasteiger partial charge in [0, 0.05) is 0 Å². The van der Waals surface area contributed by atoms with Gasteiger partial charge in [-0.3, -0.25) is 0 Å². The maximum absolute atomic E-state index is 13.8. The number of hydrogen-bond donors (Lipinski definition) is 0. The summed E-state index contributed by atoms with van der Waals surface area (Å²) in [6.07, 6.45) is -0.427. The van der Waals surface area contributed by atoms with E-state index in [1.54, 1.807) is 15.9 Å². The van der Waals surface area contributed by atoms with E-state index in [1.807, 2.05) is 0 Å². The van der Waals surface area contributed by atoms with Crippen molar-refractivity contribution in [2.75, 3.05) is 0 Å². The van der Waals surface area contributed by atoms with Gasteiger partial charge in [0.2, 0.25) is 5.67 Å². The number of halogens is 8. The van der Waals surface area contributed by atoms with E-state index in [1.165, 1.54) is 0 Å². The lowest BCUT2D eigenvalue weighted by atomic mass is 9.77. The first-order valence-corrected chi connectivity index (χ1v) is 5.33. The van der Waals surface area contributed by atoms with Crippen molar-refractivity contribution in [1.82, 2.24) is 0 Å². The topological polar surface area (TPSA) is 0 Å². The van der Waals surface area contributed by atoms with Crippen molar-refractivity contribution in [3.05, 3.63) is 11.9 Å². The molecule has 0 N–H and O–H groups in total. The molecule has 0 fully saturated rings. The Labute approximate surface area is 101 Å². The molecule has 0 bridgehead atoms. The van der Waals surface area contributed by atoms with Crippen LogP contribution in [0.4, 0.5) is 30.7 Å². The van der Waals surface area contributed by atoms with Crippen LogP contribution in [0.1, 0.15) is 13.8 Å². The minimum atomic E-state index is -5.54. The van der Waals surface area contributed by atoms with Gasteiger partial charge in [-0.1, -0.05) is 13.8 Å². The molecule has 0 aromatic heterocycles. The summed E-state index contributed by atoms with van der Waals surface area (Å²) in [5.74, 6) is -14.9. The first-order valence-electron chi connectivity index (χ1n) is 4.53. The van der Waals surface area contributed by atoms with E-state index in [9.17, 15) is 30.7 Å². The molecule has 100 valence electrons. The highest BCUT2D eigenvalue weighted by Crippen LogP contribution is 2.62. The van der Waals surface area contributed by atoms with Gasteiger partial charge < -0.3 is 0 Å². The van der Waals surface area contributed by atoms with E-state index >= 15 is 0 Å². The molecule has 0 aromatic carbocycles. The van der Waals surface area contributed by atoms with Crippen LogP contribution >= 0.6 is 15.9 Å². The molecule has 1 rings (SSSR count). The smallest absolute Gasteiger partial charge is 0.232 e. The van der Waals surface area contributed by atoms with E-state index in [0.29, 0.717) is 0 Å². The molecule has 1 aliphatic rings. The summed E-state index contributed by atoms with van der Waals surface area (Å²) >= 11 is 1.55. The second-order valence-electron chi connectivity index (χ2n) is 4.14. The van der Waals surface area contributed by atoms with Gasteiger partial charge in [-0.2, -0.15) is 17.6 Å². The lowest BCUT2D eigenvalue weighted by Crippen LogP contribution is -2.67. The Bertz CT molecular complexity index is 360. The van der Waals surface area contributed by atoms with Crippen molar-refractivity contribution in [2.24, 2.45) is 5.92 Å². The molecule has 0 heterocycles. The Morgan fingerprint density at radius 3 is 1.76 bits per heavy atom. The van der Waals surface area contributed by atoms with Gasteiger partial charge in [0.25, 0.3) is 4.58 Å². The minimum Gasteiger partial charge on any atom is -0.232 e. The average Bonchev–Trinajstić information content (AvgIpc) is 2.14. The largest absolute Gasteiger partial charge is 0.363 e. The van der Waals surface area contributed by atoms with Crippen molar-refractivity contribution in [1.29, 1.82) is 0 Å². The van der Waals surface area contributed by atoms with Gasteiger partial charge in [0.15, 0.2) is 5.83 Å². The molecule has 0 amide bonds. The summed E-state index contributed by atoms with van der Waals surface area (Å²) in [7, 11) is 0. The standard InChI is InChI=1S/C9H8BrF7/c1-4(2)6(12)3-5(11)7(10,13)9(16,17)8(6,14)15/h3-4H,1-2H3. The Morgan fingerprint density at radius 1 is 1.00 bits per heavy atom. The molecule has 0 spiro atoms. The van der Waals surface area contributed by atoms with Gasteiger partial charge in [0.05, 0.1) is 0 Å². The fraction of sp³-hybridized carbons (Fsp3) is 0.778. The highest BCUT2D eigenvalue weighted by Gasteiger charge is 2.82. The van der Waals surface area contributed by atoms with Crippen LogP contribution in [-0.4, -0.2) is 22.1 Å². The van der Waals surface area contributed by atoms with Crippen molar-refractivity contribution < 1.29 is 30.7 Å². The zero-order valence-corrected chi connectivity index (χ0v) is 10.3. The van der Waals surface area contributed by atoms with Gasteiger partial charge in [-0.25, -0.2) is 13.2 Å². The second kappa shape index (κ2) is 3.61. The maximum Gasteiger partial charge on any atom is 0.363 e. The van der Waals surface area contributed by atoms with Gasteiger partial charge in [-0.05, 0) is 27.9 Å². The first-order chi connectivity index (χ1) is 7.32. The Morgan fingerprint density at radius 2 is 1.41 bits per heavy atom. The van der Waals surface area contributed by atoms with Crippen molar-refractivity contribution >= 4 is 15.9 Å². The predicted molar refractivity (Wildman–Crippen MR) is 50.5 cm³/mol. The zero-order valence-electron chi connectivity index (χ0n) is 8.68. The number of hydrogen-bond acceptors (Lipinski definition) is 0.